The summed E-state index contributed by atoms with van der Waals surface area (Å²) in [4.78, 5) is 20.0. The molecule has 8 nitrogen and oxygen atoms in total. The normalized spacial score (nSPS) is 10.5. The van der Waals surface area contributed by atoms with E-state index in [0.29, 0.717) is 29.4 Å². The van der Waals surface area contributed by atoms with E-state index in [-0.39, 0.29) is 21.8 Å². The first-order valence-electron chi connectivity index (χ1n) is 8.31. The highest BCUT2D eigenvalue weighted by Crippen LogP contribution is 2.36. The van der Waals surface area contributed by atoms with Gasteiger partial charge in [-0.15, -0.1) is 0 Å². The molecule has 1 N–H and O–H groups in total. The summed E-state index contributed by atoms with van der Waals surface area (Å²) in [5, 5.41) is 2.60. The summed E-state index contributed by atoms with van der Waals surface area (Å²) >= 11 is 11.9. The smallest absolute Gasteiger partial charge is 0.291 e. The molecule has 3 aromatic rings. The van der Waals surface area contributed by atoms with Crippen molar-refractivity contribution < 1.29 is 23.4 Å². The van der Waals surface area contributed by atoms with Crippen LogP contribution < -0.4 is 19.5 Å². The van der Waals surface area contributed by atoms with Crippen LogP contribution in [0.1, 0.15) is 21.9 Å². The number of anilines is 1. The van der Waals surface area contributed by atoms with Crippen LogP contribution in [-0.2, 0) is 6.42 Å². The van der Waals surface area contributed by atoms with Crippen LogP contribution in [0.5, 0.6) is 17.2 Å². The number of carbonyl (C=O) groups is 1. The first-order valence-corrected chi connectivity index (χ1v) is 9.07. The van der Waals surface area contributed by atoms with E-state index in [2.05, 4.69) is 15.3 Å². The Labute approximate surface area is 176 Å². The third kappa shape index (κ3) is 4.55. The highest BCUT2D eigenvalue weighted by atomic mass is 35.5. The molecular formula is C19H17Cl2N3O5. The molecule has 0 saturated heterocycles. The highest BCUT2D eigenvalue weighted by molar-refractivity contribution is 6.38. The van der Waals surface area contributed by atoms with Gasteiger partial charge in [-0.2, -0.15) is 0 Å². The summed E-state index contributed by atoms with van der Waals surface area (Å²) in [5.41, 5.74) is 0.858. The Bertz CT molecular complexity index is 993. The molecule has 0 spiro atoms. The standard InChI is InChI=1S/C19H17Cl2N3O5/c1-26-11-7-14(27-2)12(15(8-11)28-3)6-10-4-5-13(29-10)19(25)24-16-17(20)22-9-23-18(16)21/h4-5,7-9H,6H2,1-3H3,(H,24,25). The summed E-state index contributed by atoms with van der Waals surface area (Å²) in [6, 6.07) is 6.71. The molecule has 152 valence electrons. The number of nitrogens with zero attached hydrogens (tertiary/aromatic N) is 2. The zero-order valence-corrected chi connectivity index (χ0v) is 17.3. The molecule has 1 aromatic carbocycles. The fourth-order valence-corrected chi connectivity index (χ4v) is 3.05. The molecule has 29 heavy (non-hydrogen) atoms. The van der Waals surface area contributed by atoms with Gasteiger partial charge in [0.25, 0.3) is 5.91 Å². The van der Waals surface area contributed by atoms with E-state index in [9.17, 15) is 4.79 Å². The molecule has 0 saturated carbocycles. The SMILES string of the molecule is COc1cc(OC)c(Cc2ccc(C(=O)Nc3c(Cl)ncnc3Cl)o2)c(OC)c1. The van der Waals surface area contributed by atoms with Gasteiger partial charge in [-0.05, 0) is 12.1 Å². The average Bonchev–Trinajstić information content (AvgIpc) is 3.19. The third-order valence-corrected chi connectivity index (χ3v) is 4.62. The Balaban J connectivity index is 1.83. The highest BCUT2D eigenvalue weighted by Gasteiger charge is 2.19. The number of aromatic nitrogens is 2. The molecular weight excluding hydrogens is 421 g/mol. The van der Waals surface area contributed by atoms with Gasteiger partial charge >= 0.3 is 0 Å². The molecule has 0 atom stereocenters. The van der Waals surface area contributed by atoms with Gasteiger partial charge in [-0.3, -0.25) is 4.79 Å². The molecule has 2 aromatic heterocycles. The minimum atomic E-state index is -0.538. The van der Waals surface area contributed by atoms with Crippen molar-refractivity contribution in [2.45, 2.75) is 6.42 Å². The van der Waals surface area contributed by atoms with Crippen molar-refractivity contribution in [3.05, 3.63) is 58.0 Å². The Kier molecular flexibility index (Phi) is 6.46. The molecule has 0 aliphatic rings. The van der Waals surface area contributed by atoms with Gasteiger partial charge in [-0.1, -0.05) is 23.2 Å². The number of rotatable bonds is 7. The van der Waals surface area contributed by atoms with Gasteiger partial charge in [0.05, 0.1) is 21.3 Å². The van der Waals surface area contributed by atoms with Gasteiger partial charge in [0.2, 0.25) is 0 Å². The number of furan rings is 1. The van der Waals surface area contributed by atoms with Gasteiger partial charge in [0, 0.05) is 24.1 Å². The molecule has 0 aliphatic heterocycles. The van der Waals surface area contributed by atoms with Crippen molar-refractivity contribution in [1.82, 2.24) is 9.97 Å². The Morgan fingerprint density at radius 1 is 1.03 bits per heavy atom. The van der Waals surface area contributed by atoms with Crippen molar-refractivity contribution in [1.29, 1.82) is 0 Å². The fraction of sp³-hybridized carbons (Fsp3) is 0.211. The van der Waals surface area contributed by atoms with E-state index in [4.69, 9.17) is 41.8 Å². The minimum absolute atomic E-state index is 0.0258. The van der Waals surface area contributed by atoms with E-state index >= 15 is 0 Å². The number of nitrogens with one attached hydrogen (secondary N) is 1. The summed E-state index contributed by atoms with van der Waals surface area (Å²) in [6.45, 7) is 0. The van der Waals surface area contributed by atoms with Crippen LogP contribution in [-0.4, -0.2) is 37.2 Å². The molecule has 0 fully saturated rings. The van der Waals surface area contributed by atoms with Crippen molar-refractivity contribution in [3.63, 3.8) is 0 Å². The van der Waals surface area contributed by atoms with E-state index in [1.54, 1.807) is 45.6 Å². The molecule has 3 rings (SSSR count). The molecule has 10 heteroatoms. The minimum Gasteiger partial charge on any atom is -0.496 e. The van der Waals surface area contributed by atoms with Gasteiger partial charge < -0.3 is 23.9 Å². The van der Waals surface area contributed by atoms with E-state index in [1.165, 1.54) is 6.33 Å². The van der Waals surface area contributed by atoms with Crippen LogP contribution in [0.15, 0.2) is 35.0 Å². The van der Waals surface area contributed by atoms with Crippen LogP contribution in [0, 0.1) is 0 Å². The number of benzene rings is 1. The van der Waals surface area contributed by atoms with Crippen LogP contribution in [0.4, 0.5) is 5.69 Å². The number of hydrogen-bond acceptors (Lipinski definition) is 7. The molecule has 0 bridgehead atoms. The monoisotopic (exact) mass is 437 g/mol. The molecule has 1 amide bonds. The summed E-state index contributed by atoms with van der Waals surface area (Å²) < 4.78 is 21.8. The number of halogens is 2. The number of ether oxygens (including phenoxy) is 3. The second kappa shape index (κ2) is 9.02. The maximum Gasteiger partial charge on any atom is 0.291 e. The summed E-state index contributed by atoms with van der Waals surface area (Å²) in [5.74, 6) is 1.80. The van der Waals surface area contributed by atoms with E-state index in [0.717, 1.165) is 5.56 Å². The quantitative estimate of drug-likeness (QED) is 0.551. The summed E-state index contributed by atoms with van der Waals surface area (Å²) in [6.07, 6.45) is 1.53. The number of amides is 1. The first-order chi connectivity index (χ1) is 14.0. The van der Waals surface area contributed by atoms with Crippen molar-refractivity contribution in [2.75, 3.05) is 26.6 Å². The topological polar surface area (TPSA) is 95.7 Å². The zero-order valence-electron chi connectivity index (χ0n) is 15.8. The maximum absolute atomic E-state index is 12.5. The lowest BCUT2D eigenvalue weighted by molar-refractivity contribution is 0.0995. The third-order valence-electron chi connectivity index (χ3n) is 4.05. The lowest BCUT2D eigenvalue weighted by Gasteiger charge is -2.14. The van der Waals surface area contributed by atoms with Crippen molar-refractivity contribution in [3.8, 4) is 17.2 Å². The molecule has 0 radical (unpaired) electrons. The maximum atomic E-state index is 12.5. The van der Waals surface area contributed by atoms with Crippen LogP contribution in [0.2, 0.25) is 10.3 Å². The number of hydrogen-bond donors (Lipinski definition) is 1. The van der Waals surface area contributed by atoms with Gasteiger partial charge in [0.15, 0.2) is 16.1 Å². The predicted molar refractivity (Wildman–Crippen MR) is 108 cm³/mol. The van der Waals surface area contributed by atoms with Gasteiger partial charge in [-0.25, -0.2) is 9.97 Å². The van der Waals surface area contributed by atoms with E-state index < -0.39 is 5.91 Å². The zero-order chi connectivity index (χ0) is 21.0. The predicted octanol–water partition coefficient (Wildman–Crippen LogP) is 4.25. The fourth-order valence-electron chi connectivity index (χ4n) is 2.64. The largest absolute Gasteiger partial charge is 0.496 e. The first kappa shape index (κ1) is 20.8. The molecule has 0 unspecified atom stereocenters. The lowest BCUT2D eigenvalue weighted by atomic mass is 10.1. The Morgan fingerprint density at radius 3 is 2.21 bits per heavy atom. The van der Waals surface area contributed by atoms with Gasteiger partial charge in [0.1, 0.15) is 35.0 Å². The Hall–Kier alpha value is -2.97. The molecule has 0 aliphatic carbocycles. The summed E-state index contributed by atoms with van der Waals surface area (Å²) in [7, 11) is 4.66. The number of methoxy groups -OCH3 is 3. The van der Waals surface area contributed by atoms with Crippen molar-refractivity contribution >= 4 is 34.8 Å². The van der Waals surface area contributed by atoms with E-state index in [1.807, 2.05) is 0 Å². The van der Waals surface area contributed by atoms with Crippen LogP contribution >= 0.6 is 23.2 Å². The average molecular weight is 438 g/mol. The molecule has 2 heterocycles. The van der Waals surface area contributed by atoms with Crippen LogP contribution in [0.3, 0.4) is 0 Å². The lowest BCUT2D eigenvalue weighted by Crippen LogP contribution is -2.12. The second-order valence-electron chi connectivity index (χ2n) is 5.74. The number of carbonyl (C=O) groups excluding carboxylic acids is 1. The second-order valence-corrected chi connectivity index (χ2v) is 6.45. The van der Waals surface area contributed by atoms with Crippen molar-refractivity contribution in [2.24, 2.45) is 0 Å². The Morgan fingerprint density at radius 2 is 1.66 bits per heavy atom. The van der Waals surface area contributed by atoms with Crippen LogP contribution in [0.25, 0.3) is 0 Å².